The van der Waals surface area contributed by atoms with Crippen molar-refractivity contribution >= 4 is 40.2 Å². The first-order valence-corrected chi connectivity index (χ1v) is 10.7. The van der Waals surface area contributed by atoms with Crippen molar-refractivity contribution < 1.29 is 19.2 Å². The number of carbonyl (C=O) groups excluding carboxylic acids is 4. The van der Waals surface area contributed by atoms with E-state index in [0.29, 0.717) is 33.6 Å². The maximum atomic E-state index is 13.3. The molecule has 2 aliphatic carbocycles. The van der Waals surface area contributed by atoms with Crippen molar-refractivity contribution in [2.75, 3.05) is 11.1 Å². The standard InChI is InChI=1S/C28H16N2O4/c29-21-9-3-7-18-23(21)27(33)19-8-4-10-22(24(19)28(18)34)30-14-11-12-17-20(13-14)26(32)16-6-2-1-5-15(16)25(17)31/h1-13,30H,29H2. The zero-order valence-electron chi connectivity index (χ0n) is 17.7. The lowest BCUT2D eigenvalue weighted by atomic mass is 9.82. The lowest BCUT2D eigenvalue weighted by Gasteiger charge is -2.22. The highest BCUT2D eigenvalue weighted by Crippen LogP contribution is 2.36. The molecule has 0 aliphatic heterocycles. The van der Waals surface area contributed by atoms with Crippen LogP contribution in [0, 0.1) is 0 Å². The first-order chi connectivity index (χ1) is 16.5. The molecule has 162 valence electrons. The average Bonchev–Trinajstić information content (AvgIpc) is 2.85. The number of hydrogen-bond acceptors (Lipinski definition) is 6. The number of rotatable bonds is 2. The van der Waals surface area contributed by atoms with Crippen LogP contribution in [0.3, 0.4) is 0 Å². The first kappa shape index (κ1) is 19.8. The monoisotopic (exact) mass is 444 g/mol. The molecule has 6 nitrogen and oxygen atoms in total. The molecule has 4 aromatic rings. The molecular weight excluding hydrogens is 428 g/mol. The Bertz CT molecular complexity index is 1620. The largest absolute Gasteiger partial charge is 0.398 e. The van der Waals surface area contributed by atoms with Crippen LogP contribution in [0.5, 0.6) is 0 Å². The fourth-order valence-corrected chi connectivity index (χ4v) is 4.71. The molecule has 0 bridgehead atoms. The molecule has 6 rings (SSSR count). The third kappa shape index (κ3) is 2.69. The molecule has 4 aromatic carbocycles. The van der Waals surface area contributed by atoms with E-state index in [1.54, 1.807) is 78.9 Å². The summed E-state index contributed by atoms with van der Waals surface area (Å²) < 4.78 is 0. The van der Waals surface area contributed by atoms with Crippen LogP contribution in [-0.2, 0) is 0 Å². The van der Waals surface area contributed by atoms with Gasteiger partial charge in [0.2, 0.25) is 0 Å². The van der Waals surface area contributed by atoms with Gasteiger partial charge in [-0.2, -0.15) is 0 Å². The molecule has 0 radical (unpaired) electrons. The van der Waals surface area contributed by atoms with E-state index in [1.165, 1.54) is 0 Å². The molecule has 0 amide bonds. The van der Waals surface area contributed by atoms with E-state index in [1.807, 2.05) is 0 Å². The fraction of sp³-hybridized carbons (Fsp3) is 0. The number of nitrogens with two attached hydrogens (primary N) is 1. The van der Waals surface area contributed by atoms with Crippen molar-refractivity contribution in [3.63, 3.8) is 0 Å². The minimum Gasteiger partial charge on any atom is -0.398 e. The Balaban J connectivity index is 1.43. The van der Waals surface area contributed by atoms with Gasteiger partial charge in [0.15, 0.2) is 23.1 Å². The summed E-state index contributed by atoms with van der Waals surface area (Å²) in [4.78, 5) is 52.4. The third-order valence-corrected chi connectivity index (χ3v) is 6.31. The van der Waals surface area contributed by atoms with Gasteiger partial charge in [-0.3, -0.25) is 19.2 Å². The smallest absolute Gasteiger partial charge is 0.196 e. The zero-order valence-corrected chi connectivity index (χ0v) is 17.7. The number of fused-ring (bicyclic) bond motifs is 4. The van der Waals surface area contributed by atoms with Crippen LogP contribution in [0.1, 0.15) is 63.7 Å². The number of benzene rings is 4. The number of carbonyl (C=O) groups is 4. The summed E-state index contributed by atoms with van der Waals surface area (Å²) in [6.07, 6.45) is 0. The second kappa shape index (κ2) is 7.08. The quantitative estimate of drug-likeness (QED) is 0.379. The van der Waals surface area contributed by atoms with Gasteiger partial charge >= 0.3 is 0 Å². The number of nitrogen functional groups attached to an aromatic ring is 1. The van der Waals surface area contributed by atoms with Crippen LogP contribution in [-0.4, -0.2) is 23.1 Å². The van der Waals surface area contributed by atoms with Crippen molar-refractivity contribution in [2.45, 2.75) is 0 Å². The number of nitrogens with one attached hydrogen (secondary N) is 1. The summed E-state index contributed by atoms with van der Waals surface area (Å²) in [5.41, 5.74) is 9.56. The van der Waals surface area contributed by atoms with Crippen molar-refractivity contribution in [3.05, 3.63) is 123 Å². The first-order valence-electron chi connectivity index (χ1n) is 10.7. The molecule has 2 aliphatic rings. The average molecular weight is 444 g/mol. The Morgan fingerprint density at radius 3 is 1.79 bits per heavy atom. The maximum Gasteiger partial charge on any atom is 0.196 e. The molecule has 0 unspecified atom stereocenters. The Labute approximate surface area is 194 Å². The van der Waals surface area contributed by atoms with Gasteiger partial charge in [-0.1, -0.05) is 48.5 Å². The fourth-order valence-electron chi connectivity index (χ4n) is 4.71. The molecule has 0 fully saturated rings. The van der Waals surface area contributed by atoms with Crippen molar-refractivity contribution in [1.29, 1.82) is 0 Å². The lowest BCUT2D eigenvalue weighted by molar-refractivity contribution is 0.0979. The highest BCUT2D eigenvalue weighted by molar-refractivity contribution is 6.32. The van der Waals surface area contributed by atoms with Gasteiger partial charge in [0.05, 0.1) is 16.8 Å². The Hall–Kier alpha value is -4.84. The Morgan fingerprint density at radius 1 is 0.500 bits per heavy atom. The number of anilines is 3. The van der Waals surface area contributed by atoms with Crippen LogP contribution >= 0.6 is 0 Å². The Morgan fingerprint density at radius 2 is 1.06 bits per heavy atom. The molecule has 34 heavy (non-hydrogen) atoms. The summed E-state index contributed by atoms with van der Waals surface area (Å²) in [5, 5.41) is 3.17. The van der Waals surface area contributed by atoms with Gasteiger partial charge < -0.3 is 11.1 Å². The second-order valence-electron chi connectivity index (χ2n) is 8.25. The highest BCUT2D eigenvalue weighted by Gasteiger charge is 2.33. The van der Waals surface area contributed by atoms with Gasteiger partial charge in [0.1, 0.15) is 0 Å². The van der Waals surface area contributed by atoms with E-state index in [2.05, 4.69) is 5.32 Å². The molecular formula is C28H16N2O4. The van der Waals surface area contributed by atoms with Crippen LogP contribution in [0.25, 0.3) is 0 Å². The lowest BCUT2D eigenvalue weighted by Crippen LogP contribution is -2.23. The third-order valence-electron chi connectivity index (χ3n) is 6.31. The van der Waals surface area contributed by atoms with E-state index < -0.39 is 0 Å². The summed E-state index contributed by atoms with van der Waals surface area (Å²) >= 11 is 0. The molecule has 0 aromatic heterocycles. The van der Waals surface area contributed by atoms with Crippen LogP contribution in [0.4, 0.5) is 17.1 Å². The molecule has 0 heterocycles. The molecule has 3 N–H and O–H groups in total. The minimum absolute atomic E-state index is 0.205. The van der Waals surface area contributed by atoms with E-state index in [0.717, 1.165) is 0 Å². The van der Waals surface area contributed by atoms with Gasteiger partial charge in [0, 0.05) is 44.8 Å². The Kier molecular flexibility index (Phi) is 4.13. The van der Waals surface area contributed by atoms with Crippen molar-refractivity contribution in [2.24, 2.45) is 0 Å². The maximum absolute atomic E-state index is 13.3. The zero-order chi connectivity index (χ0) is 23.6. The van der Waals surface area contributed by atoms with Gasteiger partial charge in [-0.25, -0.2) is 0 Å². The van der Waals surface area contributed by atoms with E-state index >= 15 is 0 Å². The summed E-state index contributed by atoms with van der Waals surface area (Å²) in [7, 11) is 0. The normalized spacial score (nSPS) is 13.6. The number of ketones is 4. The minimum atomic E-state index is -0.311. The van der Waals surface area contributed by atoms with Crippen LogP contribution in [0.2, 0.25) is 0 Å². The van der Waals surface area contributed by atoms with Crippen molar-refractivity contribution in [1.82, 2.24) is 0 Å². The highest BCUT2D eigenvalue weighted by atomic mass is 16.1. The van der Waals surface area contributed by atoms with E-state index in [-0.39, 0.29) is 51.1 Å². The van der Waals surface area contributed by atoms with Crippen LogP contribution in [0.15, 0.2) is 78.9 Å². The summed E-state index contributed by atoms with van der Waals surface area (Å²) in [6, 6.07) is 21.4. The SMILES string of the molecule is Nc1cccc2c1C(=O)c1cccc(Nc3ccc4c(c3)C(=O)c3ccccc3C4=O)c1C2=O. The summed E-state index contributed by atoms with van der Waals surface area (Å²) in [6.45, 7) is 0. The predicted molar refractivity (Wildman–Crippen MR) is 127 cm³/mol. The molecule has 0 spiro atoms. The summed E-state index contributed by atoms with van der Waals surface area (Å²) in [5.74, 6) is -1.06. The number of hydrogen-bond donors (Lipinski definition) is 2. The van der Waals surface area contributed by atoms with Crippen molar-refractivity contribution in [3.8, 4) is 0 Å². The van der Waals surface area contributed by atoms with Gasteiger partial charge in [0.25, 0.3) is 0 Å². The molecule has 0 saturated heterocycles. The van der Waals surface area contributed by atoms with E-state index in [9.17, 15) is 19.2 Å². The second-order valence-corrected chi connectivity index (χ2v) is 8.25. The molecule has 0 saturated carbocycles. The molecule has 6 heteroatoms. The van der Waals surface area contributed by atoms with Gasteiger partial charge in [-0.15, -0.1) is 0 Å². The topological polar surface area (TPSA) is 106 Å². The molecule has 0 atom stereocenters. The van der Waals surface area contributed by atoms with Crippen LogP contribution < -0.4 is 11.1 Å². The van der Waals surface area contributed by atoms with Gasteiger partial charge in [-0.05, 0) is 30.3 Å². The predicted octanol–water partition coefficient (Wildman–Crippen LogP) is 4.56. The van der Waals surface area contributed by atoms with E-state index in [4.69, 9.17) is 5.73 Å².